The first kappa shape index (κ1) is 9.85. The summed E-state index contributed by atoms with van der Waals surface area (Å²) >= 11 is 1.47. The minimum Gasteiger partial charge on any atom is -0.478 e. The van der Waals surface area contributed by atoms with Crippen LogP contribution in [0.5, 0.6) is 0 Å². The highest BCUT2D eigenvalue weighted by atomic mass is 32.2. The molecule has 0 aliphatic rings. The van der Waals surface area contributed by atoms with Gasteiger partial charge in [0.1, 0.15) is 0 Å². The Balaban J connectivity index is 2.36. The van der Waals surface area contributed by atoms with Gasteiger partial charge in [-0.05, 0) is 6.92 Å². The number of carboxylic acid groups (broad SMARTS) is 1. The van der Waals surface area contributed by atoms with Gasteiger partial charge >= 0.3 is 5.97 Å². The molecule has 0 unspecified atom stereocenters. The summed E-state index contributed by atoms with van der Waals surface area (Å²) in [6, 6.07) is 0. The normalized spacial score (nSPS) is 11.6. The highest BCUT2D eigenvalue weighted by Crippen LogP contribution is 2.12. The molecule has 0 fully saturated rings. The van der Waals surface area contributed by atoms with Gasteiger partial charge in [-0.1, -0.05) is 17.8 Å². The second-order valence-corrected chi connectivity index (χ2v) is 3.41. The van der Waals surface area contributed by atoms with Crippen LogP contribution in [0, 0.1) is 0 Å². The molecule has 4 nitrogen and oxygen atoms in total. The van der Waals surface area contributed by atoms with Gasteiger partial charge in [0.15, 0.2) is 5.16 Å². The molecule has 2 N–H and O–H groups in total. The second kappa shape index (κ2) is 4.71. The van der Waals surface area contributed by atoms with Crippen molar-refractivity contribution >= 4 is 17.7 Å². The molecule has 1 heterocycles. The number of H-pyrrole nitrogens is 1. The van der Waals surface area contributed by atoms with Crippen molar-refractivity contribution in [2.75, 3.05) is 5.75 Å². The zero-order valence-electron chi connectivity index (χ0n) is 7.15. The van der Waals surface area contributed by atoms with E-state index in [0.29, 0.717) is 11.3 Å². The zero-order valence-corrected chi connectivity index (χ0v) is 7.97. The molecule has 0 aliphatic carbocycles. The van der Waals surface area contributed by atoms with Gasteiger partial charge < -0.3 is 10.1 Å². The Kier molecular flexibility index (Phi) is 3.57. The van der Waals surface area contributed by atoms with E-state index < -0.39 is 5.97 Å². The maximum atomic E-state index is 10.4. The number of rotatable bonds is 4. The first-order valence-electron chi connectivity index (χ1n) is 3.72. The third-order valence-electron chi connectivity index (χ3n) is 1.42. The summed E-state index contributed by atoms with van der Waals surface area (Å²) in [6.07, 6.45) is 5.06. The maximum absolute atomic E-state index is 10.4. The summed E-state index contributed by atoms with van der Waals surface area (Å²) in [4.78, 5) is 17.3. The molecule has 0 radical (unpaired) electrons. The molecule has 0 spiro atoms. The lowest BCUT2D eigenvalue weighted by molar-refractivity contribution is -0.132. The summed E-state index contributed by atoms with van der Waals surface area (Å²) in [5.74, 6) is -0.258. The van der Waals surface area contributed by atoms with Crippen LogP contribution >= 0.6 is 11.8 Å². The van der Waals surface area contributed by atoms with Gasteiger partial charge in [0.05, 0.1) is 0 Å². The Morgan fingerprint density at radius 2 is 2.62 bits per heavy atom. The molecule has 0 amide bonds. The van der Waals surface area contributed by atoms with Crippen LogP contribution in [-0.4, -0.2) is 26.8 Å². The van der Waals surface area contributed by atoms with Crippen LogP contribution in [0.2, 0.25) is 0 Å². The second-order valence-electron chi connectivity index (χ2n) is 2.40. The molecule has 1 aromatic heterocycles. The molecule has 13 heavy (non-hydrogen) atoms. The fourth-order valence-corrected chi connectivity index (χ4v) is 1.44. The molecule has 0 aromatic carbocycles. The highest BCUT2D eigenvalue weighted by molar-refractivity contribution is 7.99. The SMILES string of the molecule is C/C(=C/CSc1ncc[nH]1)C(=O)O. The van der Waals surface area contributed by atoms with Crippen LogP contribution in [0.1, 0.15) is 6.92 Å². The molecule has 1 rings (SSSR count). The number of aromatic amines is 1. The highest BCUT2D eigenvalue weighted by Gasteiger charge is 1.99. The van der Waals surface area contributed by atoms with Gasteiger partial charge in [0.25, 0.3) is 0 Å². The summed E-state index contributed by atoms with van der Waals surface area (Å²) in [6.45, 7) is 1.57. The fourth-order valence-electron chi connectivity index (χ4n) is 0.663. The first-order chi connectivity index (χ1) is 6.20. The molecule has 0 atom stereocenters. The third-order valence-corrected chi connectivity index (χ3v) is 2.25. The number of nitrogens with one attached hydrogen (secondary N) is 1. The van der Waals surface area contributed by atoms with Gasteiger partial charge in [0.2, 0.25) is 0 Å². The number of hydrogen-bond acceptors (Lipinski definition) is 3. The maximum Gasteiger partial charge on any atom is 0.330 e. The smallest absolute Gasteiger partial charge is 0.330 e. The lowest BCUT2D eigenvalue weighted by Gasteiger charge is -1.93. The predicted molar refractivity (Wildman–Crippen MR) is 50.7 cm³/mol. The van der Waals surface area contributed by atoms with E-state index in [2.05, 4.69) is 9.97 Å². The fraction of sp³-hybridized carbons (Fsp3) is 0.250. The van der Waals surface area contributed by atoms with E-state index in [1.54, 1.807) is 25.4 Å². The number of aromatic nitrogens is 2. The molecule has 70 valence electrons. The first-order valence-corrected chi connectivity index (χ1v) is 4.71. The topological polar surface area (TPSA) is 66.0 Å². The molecule has 0 saturated carbocycles. The Morgan fingerprint density at radius 1 is 1.85 bits per heavy atom. The lowest BCUT2D eigenvalue weighted by atomic mass is 10.3. The van der Waals surface area contributed by atoms with Crippen molar-refractivity contribution in [2.24, 2.45) is 0 Å². The predicted octanol–water partition coefficient (Wildman–Crippen LogP) is 1.53. The van der Waals surface area contributed by atoms with Crippen molar-refractivity contribution in [1.82, 2.24) is 9.97 Å². The summed E-state index contributed by atoms with van der Waals surface area (Å²) in [5, 5.41) is 9.34. The van der Waals surface area contributed by atoms with Gasteiger partial charge in [-0.25, -0.2) is 9.78 Å². The van der Waals surface area contributed by atoms with Gasteiger partial charge in [-0.3, -0.25) is 0 Å². The molecule has 0 bridgehead atoms. The Bertz CT molecular complexity index is 306. The summed E-state index contributed by atoms with van der Waals surface area (Å²) in [5.41, 5.74) is 0.360. The van der Waals surface area contributed by atoms with Crippen molar-refractivity contribution in [3.8, 4) is 0 Å². The monoisotopic (exact) mass is 198 g/mol. The molecule has 0 saturated heterocycles. The zero-order chi connectivity index (χ0) is 9.68. The molecular weight excluding hydrogens is 188 g/mol. The van der Waals surface area contributed by atoms with Gasteiger partial charge in [-0.2, -0.15) is 0 Å². The number of carbonyl (C=O) groups is 1. The average molecular weight is 198 g/mol. The number of carboxylic acids is 1. The largest absolute Gasteiger partial charge is 0.478 e. The van der Waals surface area contributed by atoms with Gasteiger partial charge in [-0.15, -0.1) is 0 Å². The summed E-state index contributed by atoms with van der Waals surface area (Å²) < 4.78 is 0. The number of imidazole rings is 1. The van der Waals surface area contributed by atoms with Crippen LogP contribution < -0.4 is 0 Å². The Morgan fingerprint density at radius 3 is 3.15 bits per heavy atom. The minimum atomic E-state index is -0.875. The minimum absolute atomic E-state index is 0.360. The van der Waals surface area contributed by atoms with Gasteiger partial charge in [0, 0.05) is 23.7 Å². The van der Waals surface area contributed by atoms with E-state index >= 15 is 0 Å². The Labute approximate surface area is 80.1 Å². The van der Waals surface area contributed by atoms with E-state index in [1.165, 1.54) is 11.8 Å². The van der Waals surface area contributed by atoms with Crippen LogP contribution in [-0.2, 0) is 4.79 Å². The van der Waals surface area contributed by atoms with E-state index in [-0.39, 0.29) is 0 Å². The third kappa shape index (κ3) is 3.33. The van der Waals surface area contributed by atoms with Crippen LogP contribution in [0.4, 0.5) is 0 Å². The van der Waals surface area contributed by atoms with E-state index in [4.69, 9.17) is 5.11 Å². The molecule has 1 aromatic rings. The van der Waals surface area contributed by atoms with Crippen molar-refractivity contribution in [2.45, 2.75) is 12.1 Å². The van der Waals surface area contributed by atoms with Crippen LogP contribution in [0.3, 0.4) is 0 Å². The number of nitrogens with zero attached hydrogens (tertiary/aromatic N) is 1. The number of aliphatic carboxylic acids is 1. The average Bonchev–Trinajstić information content (AvgIpc) is 2.56. The van der Waals surface area contributed by atoms with E-state index in [1.807, 2.05) is 0 Å². The molecule has 5 heteroatoms. The summed E-state index contributed by atoms with van der Waals surface area (Å²) in [7, 11) is 0. The van der Waals surface area contributed by atoms with Crippen molar-refractivity contribution in [3.63, 3.8) is 0 Å². The Hall–Kier alpha value is -1.23. The van der Waals surface area contributed by atoms with E-state index in [0.717, 1.165) is 5.16 Å². The van der Waals surface area contributed by atoms with Crippen molar-refractivity contribution in [3.05, 3.63) is 24.0 Å². The lowest BCUT2D eigenvalue weighted by Crippen LogP contribution is -1.96. The van der Waals surface area contributed by atoms with Crippen molar-refractivity contribution < 1.29 is 9.90 Å². The molecule has 0 aliphatic heterocycles. The number of thioether (sulfide) groups is 1. The van der Waals surface area contributed by atoms with Crippen LogP contribution in [0.15, 0.2) is 29.2 Å². The van der Waals surface area contributed by atoms with Crippen molar-refractivity contribution in [1.29, 1.82) is 0 Å². The standard InChI is InChI=1S/C8H10N2O2S/c1-6(7(11)12)2-5-13-8-9-3-4-10-8/h2-4H,5H2,1H3,(H,9,10)(H,11,12)/b6-2-. The quantitative estimate of drug-likeness (QED) is 0.568. The number of hydrogen-bond donors (Lipinski definition) is 2. The van der Waals surface area contributed by atoms with Crippen LogP contribution in [0.25, 0.3) is 0 Å². The molecular formula is C8H10N2O2S. The van der Waals surface area contributed by atoms with E-state index in [9.17, 15) is 4.79 Å².